The van der Waals surface area contributed by atoms with Crippen LogP contribution in [-0.2, 0) is 0 Å². The van der Waals surface area contributed by atoms with Crippen LogP contribution in [0.5, 0.6) is 11.5 Å². The van der Waals surface area contributed by atoms with Gasteiger partial charge in [-0.2, -0.15) is 11.8 Å². The van der Waals surface area contributed by atoms with E-state index in [-0.39, 0.29) is 6.04 Å². The largest absolute Gasteiger partial charge is 0.497 e. The van der Waals surface area contributed by atoms with Gasteiger partial charge in [0.15, 0.2) is 0 Å². The molecule has 0 aromatic heterocycles. The minimum absolute atomic E-state index is 0.0447. The van der Waals surface area contributed by atoms with Gasteiger partial charge in [-0.05, 0) is 31.3 Å². The molecule has 0 heterocycles. The molecule has 1 unspecified atom stereocenters. The van der Waals surface area contributed by atoms with Crippen LogP contribution in [0.15, 0.2) is 18.2 Å². The second-order valence-corrected chi connectivity index (χ2v) is 5.97. The van der Waals surface area contributed by atoms with Gasteiger partial charge in [0.2, 0.25) is 0 Å². The van der Waals surface area contributed by atoms with Crippen LogP contribution in [0.3, 0.4) is 0 Å². The van der Waals surface area contributed by atoms with Gasteiger partial charge >= 0.3 is 0 Å². The Hall–Kier alpha value is -0.910. The first-order valence-electron chi connectivity index (χ1n) is 7.43. The predicted octanol–water partition coefficient (Wildman–Crippen LogP) is 2.78. The van der Waals surface area contributed by atoms with Gasteiger partial charge in [0.25, 0.3) is 0 Å². The quantitative estimate of drug-likeness (QED) is 0.673. The average Bonchev–Trinajstić information content (AvgIpc) is 2.54. The monoisotopic (exact) mass is 312 g/mol. The fourth-order valence-electron chi connectivity index (χ4n) is 2.16. The Balaban J connectivity index is 2.53. The first kappa shape index (κ1) is 18.1. The summed E-state index contributed by atoms with van der Waals surface area (Å²) in [7, 11) is 3.33. The molecule has 1 atom stereocenters. The van der Waals surface area contributed by atoms with Crippen molar-refractivity contribution in [2.45, 2.75) is 19.9 Å². The topological polar surface area (TPSA) is 47.7 Å². The van der Waals surface area contributed by atoms with Crippen molar-refractivity contribution >= 4 is 11.8 Å². The summed E-state index contributed by atoms with van der Waals surface area (Å²) in [5.41, 5.74) is 7.31. The molecule has 1 rings (SSSR count). The van der Waals surface area contributed by atoms with Crippen molar-refractivity contribution in [1.29, 1.82) is 0 Å². The Kier molecular flexibility index (Phi) is 8.57. The lowest BCUT2D eigenvalue weighted by atomic mass is 10.1. The maximum Gasteiger partial charge on any atom is 0.123 e. The number of hydrogen-bond donors (Lipinski definition) is 1. The van der Waals surface area contributed by atoms with Gasteiger partial charge in [-0.3, -0.25) is 0 Å². The van der Waals surface area contributed by atoms with Gasteiger partial charge in [-0.1, -0.05) is 13.8 Å². The zero-order valence-electron chi connectivity index (χ0n) is 13.6. The molecular formula is C16H28N2O2S. The van der Waals surface area contributed by atoms with E-state index in [1.807, 2.05) is 30.0 Å². The fourth-order valence-corrected chi connectivity index (χ4v) is 3.15. The Morgan fingerprint density at radius 2 is 1.90 bits per heavy atom. The van der Waals surface area contributed by atoms with Crippen molar-refractivity contribution in [1.82, 2.24) is 4.90 Å². The molecule has 0 aliphatic rings. The number of nitrogens with two attached hydrogens (primary N) is 1. The number of nitrogens with zero attached hydrogens (tertiary/aromatic N) is 1. The van der Waals surface area contributed by atoms with Gasteiger partial charge in [0.05, 0.1) is 14.2 Å². The maximum atomic E-state index is 6.31. The molecule has 0 saturated heterocycles. The number of hydrogen-bond acceptors (Lipinski definition) is 5. The molecule has 21 heavy (non-hydrogen) atoms. The normalized spacial score (nSPS) is 12.5. The van der Waals surface area contributed by atoms with Crippen LogP contribution in [0.25, 0.3) is 0 Å². The molecule has 0 amide bonds. The summed E-state index contributed by atoms with van der Waals surface area (Å²) in [4.78, 5) is 2.42. The Labute approximate surface area is 133 Å². The molecule has 2 N–H and O–H groups in total. The minimum atomic E-state index is -0.0447. The summed E-state index contributed by atoms with van der Waals surface area (Å²) >= 11 is 1.88. The lowest BCUT2D eigenvalue weighted by Gasteiger charge is -2.19. The second kappa shape index (κ2) is 9.92. The molecule has 1 aromatic carbocycles. The summed E-state index contributed by atoms with van der Waals surface area (Å²) in [6, 6.07) is 5.72. The third-order valence-corrected chi connectivity index (χ3v) is 4.65. The van der Waals surface area contributed by atoms with Gasteiger partial charge in [-0.25, -0.2) is 0 Å². The third-order valence-electron chi connectivity index (χ3n) is 3.58. The number of methoxy groups -OCH3 is 2. The standard InChI is InChI=1S/C16H28N2O2S/c1-5-18(6-2)9-10-21-12-15(17)14-11-13(19-3)7-8-16(14)20-4/h7-8,11,15H,5-6,9-10,12,17H2,1-4H3. The molecule has 0 saturated carbocycles. The van der Waals surface area contributed by atoms with Crippen LogP contribution in [0.1, 0.15) is 25.5 Å². The second-order valence-electron chi connectivity index (χ2n) is 4.82. The molecule has 0 aliphatic heterocycles. The Morgan fingerprint density at radius 3 is 2.48 bits per heavy atom. The van der Waals surface area contributed by atoms with Gasteiger partial charge in [0.1, 0.15) is 11.5 Å². The lowest BCUT2D eigenvalue weighted by Crippen LogP contribution is -2.25. The van der Waals surface area contributed by atoms with E-state index < -0.39 is 0 Å². The van der Waals surface area contributed by atoms with Crippen LogP contribution >= 0.6 is 11.8 Å². The van der Waals surface area contributed by atoms with Crippen molar-refractivity contribution in [3.8, 4) is 11.5 Å². The smallest absolute Gasteiger partial charge is 0.123 e. The molecule has 120 valence electrons. The van der Waals surface area contributed by atoms with Gasteiger partial charge in [0, 0.05) is 29.7 Å². The molecule has 0 fully saturated rings. The summed E-state index contributed by atoms with van der Waals surface area (Å²) < 4.78 is 10.7. The van der Waals surface area contributed by atoms with Crippen molar-refractivity contribution in [3.05, 3.63) is 23.8 Å². The molecule has 0 aliphatic carbocycles. The van der Waals surface area contributed by atoms with Crippen molar-refractivity contribution < 1.29 is 9.47 Å². The van der Waals surface area contributed by atoms with Crippen LogP contribution in [-0.4, -0.2) is 50.3 Å². The summed E-state index contributed by atoms with van der Waals surface area (Å²) in [5.74, 6) is 3.62. The van der Waals surface area contributed by atoms with Crippen LogP contribution < -0.4 is 15.2 Å². The maximum absolute atomic E-state index is 6.31. The predicted molar refractivity (Wildman–Crippen MR) is 91.6 cm³/mol. The molecule has 4 nitrogen and oxygen atoms in total. The van der Waals surface area contributed by atoms with Crippen LogP contribution in [0.2, 0.25) is 0 Å². The Morgan fingerprint density at radius 1 is 1.19 bits per heavy atom. The molecule has 5 heteroatoms. The minimum Gasteiger partial charge on any atom is -0.497 e. The van der Waals surface area contributed by atoms with E-state index in [0.29, 0.717) is 0 Å². The van der Waals surface area contributed by atoms with Crippen molar-refractivity contribution in [2.24, 2.45) is 5.73 Å². The molecule has 1 aromatic rings. The third kappa shape index (κ3) is 5.77. The van der Waals surface area contributed by atoms with Crippen molar-refractivity contribution in [3.63, 3.8) is 0 Å². The highest BCUT2D eigenvalue weighted by atomic mass is 32.2. The lowest BCUT2D eigenvalue weighted by molar-refractivity contribution is 0.324. The SMILES string of the molecule is CCN(CC)CCSCC(N)c1cc(OC)ccc1OC. The average molecular weight is 312 g/mol. The highest BCUT2D eigenvalue weighted by molar-refractivity contribution is 7.99. The number of thioether (sulfide) groups is 1. The molecular weight excluding hydrogens is 284 g/mol. The highest BCUT2D eigenvalue weighted by Crippen LogP contribution is 2.29. The first-order chi connectivity index (χ1) is 10.2. The zero-order valence-corrected chi connectivity index (χ0v) is 14.4. The summed E-state index contributed by atoms with van der Waals surface area (Å²) in [6.07, 6.45) is 0. The number of rotatable bonds is 10. The van der Waals surface area contributed by atoms with E-state index in [0.717, 1.165) is 48.2 Å². The zero-order chi connectivity index (χ0) is 15.7. The molecule has 0 radical (unpaired) electrons. The summed E-state index contributed by atoms with van der Waals surface area (Å²) in [6.45, 7) is 7.71. The van der Waals surface area contributed by atoms with E-state index in [1.54, 1.807) is 14.2 Å². The van der Waals surface area contributed by atoms with Crippen molar-refractivity contribution in [2.75, 3.05) is 45.4 Å². The Bertz CT molecular complexity index is 411. The highest BCUT2D eigenvalue weighted by Gasteiger charge is 2.13. The number of benzene rings is 1. The van der Waals surface area contributed by atoms with E-state index in [9.17, 15) is 0 Å². The first-order valence-corrected chi connectivity index (χ1v) is 8.59. The molecule has 0 bridgehead atoms. The van der Waals surface area contributed by atoms with E-state index in [2.05, 4.69) is 18.7 Å². The van der Waals surface area contributed by atoms with E-state index in [1.165, 1.54) is 0 Å². The van der Waals surface area contributed by atoms with E-state index in [4.69, 9.17) is 15.2 Å². The van der Waals surface area contributed by atoms with E-state index >= 15 is 0 Å². The molecule has 0 spiro atoms. The fraction of sp³-hybridized carbons (Fsp3) is 0.625. The van der Waals surface area contributed by atoms with Crippen LogP contribution in [0, 0.1) is 0 Å². The van der Waals surface area contributed by atoms with Gasteiger partial charge in [-0.15, -0.1) is 0 Å². The summed E-state index contributed by atoms with van der Waals surface area (Å²) in [5, 5.41) is 0. The number of ether oxygens (including phenoxy) is 2. The van der Waals surface area contributed by atoms with Crippen LogP contribution in [0.4, 0.5) is 0 Å². The van der Waals surface area contributed by atoms with Gasteiger partial charge < -0.3 is 20.1 Å².